The molecule has 0 saturated carbocycles. The van der Waals surface area contributed by atoms with Crippen LogP contribution in [0.5, 0.6) is 5.75 Å². The fourth-order valence-electron chi connectivity index (χ4n) is 4.17. The minimum Gasteiger partial charge on any atom is -0.508 e. The Morgan fingerprint density at radius 2 is 1.96 bits per heavy atom. The van der Waals surface area contributed by atoms with E-state index in [0.717, 1.165) is 71.0 Å². The van der Waals surface area contributed by atoms with Crippen molar-refractivity contribution >= 4 is 6.09 Å². The van der Waals surface area contributed by atoms with Crippen LogP contribution in [0.3, 0.4) is 0 Å². The highest BCUT2D eigenvalue weighted by Gasteiger charge is 2.47. The monoisotopic (exact) mass is 361 g/mol. The fourth-order valence-corrected chi connectivity index (χ4v) is 4.17. The molecule has 142 valence electrons. The third-order valence-electron chi connectivity index (χ3n) is 5.49. The van der Waals surface area contributed by atoms with E-state index in [1.807, 2.05) is 17.0 Å². The van der Waals surface area contributed by atoms with E-state index in [9.17, 15) is 9.90 Å². The van der Waals surface area contributed by atoms with Crippen molar-refractivity contribution in [3.05, 3.63) is 29.8 Å². The number of morpholine rings is 1. The summed E-state index contributed by atoms with van der Waals surface area (Å²) in [5.41, 5.74) is 1.08. The van der Waals surface area contributed by atoms with Crippen LogP contribution in [-0.4, -0.2) is 90.5 Å². The molecule has 3 heterocycles. The maximum atomic E-state index is 12.2. The molecule has 1 amide bonds. The first-order valence-corrected chi connectivity index (χ1v) is 9.47. The number of aromatic hydroxyl groups is 1. The lowest BCUT2D eigenvalue weighted by atomic mass is 10.2. The SMILES string of the molecule is O=C1O[C@@H]2CN(Cc3cccc(O)c3)C[C@@H]2N1CCCN1CCOCC1. The van der Waals surface area contributed by atoms with E-state index < -0.39 is 0 Å². The number of amides is 1. The van der Waals surface area contributed by atoms with Gasteiger partial charge in [-0.1, -0.05) is 12.1 Å². The van der Waals surface area contributed by atoms with Gasteiger partial charge in [-0.25, -0.2) is 4.79 Å². The van der Waals surface area contributed by atoms with Gasteiger partial charge in [-0.3, -0.25) is 9.80 Å². The molecule has 1 aromatic carbocycles. The number of ether oxygens (including phenoxy) is 2. The summed E-state index contributed by atoms with van der Waals surface area (Å²) in [6.45, 7) is 7.66. The normalized spacial score (nSPS) is 26.9. The van der Waals surface area contributed by atoms with Crippen molar-refractivity contribution in [1.82, 2.24) is 14.7 Å². The molecule has 0 aliphatic carbocycles. The van der Waals surface area contributed by atoms with Gasteiger partial charge < -0.3 is 19.5 Å². The molecular weight excluding hydrogens is 334 g/mol. The maximum Gasteiger partial charge on any atom is 0.410 e. The standard InChI is InChI=1S/C19H27N3O4/c23-16-4-1-3-15(11-16)12-21-13-17-18(14-21)26-19(24)22(17)6-2-5-20-7-9-25-10-8-20/h1,3-4,11,17-18,23H,2,5-10,12-14H2/t17-,18+/m0/s1. The molecule has 3 fully saturated rings. The summed E-state index contributed by atoms with van der Waals surface area (Å²) in [6.07, 6.45) is 0.757. The largest absolute Gasteiger partial charge is 0.508 e. The van der Waals surface area contributed by atoms with Gasteiger partial charge in [0.2, 0.25) is 0 Å². The van der Waals surface area contributed by atoms with Gasteiger partial charge in [0.05, 0.1) is 19.3 Å². The molecule has 1 N–H and O–H groups in total. The van der Waals surface area contributed by atoms with Crippen molar-refractivity contribution in [2.75, 3.05) is 52.5 Å². The summed E-state index contributed by atoms with van der Waals surface area (Å²) >= 11 is 0. The number of hydrogen-bond donors (Lipinski definition) is 1. The smallest absolute Gasteiger partial charge is 0.410 e. The average molecular weight is 361 g/mol. The molecule has 2 atom stereocenters. The Kier molecular flexibility index (Phi) is 5.28. The van der Waals surface area contributed by atoms with Gasteiger partial charge in [-0.15, -0.1) is 0 Å². The van der Waals surface area contributed by atoms with Gasteiger partial charge in [0.25, 0.3) is 0 Å². The highest BCUT2D eigenvalue weighted by molar-refractivity contribution is 5.71. The van der Waals surface area contributed by atoms with Crippen molar-refractivity contribution in [1.29, 1.82) is 0 Å². The van der Waals surface area contributed by atoms with E-state index in [1.54, 1.807) is 12.1 Å². The van der Waals surface area contributed by atoms with Gasteiger partial charge >= 0.3 is 6.09 Å². The predicted octanol–water partition coefficient (Wildman–Crippen LogP) is 1.12. The van der Waals surface area contributed by atoms with Crippen LogP contribution in [0.2, 0.25) is 0 Å². The Morgan fingerprint density at radius 3 is 2.77 bits per heavy atom. The Morgan fingerprint density at radius 1 is 1.12 bits per heavy atom. The Bertz CT molecular complexity index is 635. The first-order valence-electron chi connectivity index (χ1n) is 9.47. The van der Waals surface area contributed by atoms with Crippen molar-refractivity contribution < 1.29 is 19.4 Å². The minimum absolute atomic E-state index is 0.0387. The summed E-state index contributed by atoms with van der Waals surface area (Å²) in [4.78, 5) is 18.8. The summed E-state index contributed by atoms with van der Waals surface area (Å²) in [7, 11) is 0. The second-order valence-electron chi connectivity index (χ2n) is 7.35. The van der Waals surface area contributed by atoms with Crippen LogP contribution in [0, 0.1) is 0 Å². The molecule has 0 spiro atoms. The van der Waals surface area contributed by atoms with Gasteiger partial charge in [-0.2, -0.15) is 0 Å². The molecule has 4 rings (SSSR count). The molecule has 7 nitrogen and oxygen atoms in total. The number of rotatable bonds is 6. The number of nitrogens with zero attached hydrogens (tertiary/aromatic N) is 3. The fraction of sp³-hybridized carbons (Fsp3) is 0.632. The number of likely N-dealkylation sites (tertiary alicyclic amines) is 1. The van der Waals surface area contributed by atoms with E-state index in [2.05, 4.69) is 9.80 Å². The zero-order chi connectivity index (χ0) is 17.9. The molecule has 3 aliphatic rings. The van der Waals surface area contributed by atoms with Gasteiger partial charge in [0, 0.05) is 45.8 Å². The lowest BCUT2D eigenvalue weighted by Gasteiger charge is -2.28. The highest BCUT2D eigenvalue weighted by atomic mass is 16.6. The Balaban J connectivity index is 1.28. The third-order valence-corrected chi connectivity index (χ3v) is 5.49. The molecule has 3 aliphatic heterocycles. The van der Waals surface area contributed by atoms with Crippen LogP contribution in [-0.2, 0) is 16.0 Å². The van der Waals surface area contributed by atoms with Crippen LogP contribution in [0.15, 0.2) is 24.3 Å². The molecule has 0 unspecified atom stereocenters. The van der Waals surface area contributed by atoms with Crippen LogP contribution >= 0.6 is 0 Å². The first kappa shape index (κ1) is 17.6. The quantitative estimate of drug-likeness (QED) is 0.819. The number of fused-ring (bicyclic) bond motifs is 1. The van der Waals surface area contributed by atoms with Crippen LogP contribution in [0.25, 0.3) is 0 Å². The summed E-state index contributed by atoms with van der Waals surface area (Å²) < 4.78 is 11.0. The van der Waals surface area contributed by atoms with E-state index in [-0.39, 0.29) is 24.0 Å². The summed E-state index contributed by atoms with van der Waals surface area (Å²) in [6, 6.07) is 7.49. The van der Waals surface area contributed by atoms with Gasteiger partial charge in [0.1, 0.15) is 11.9 Å². The molecule has 26 heavy (non-hydrogen) atoms. The number of carbonyl (C=O) groups is 1. The van der Waals surface area contributed by atoms with E-state index in [4.69, 9.17) is 9.47 Å². The first-order chi connectivity index (χ1) is 12.7. The van der Waals surface area contributed by atoms with Crippen molar-refractivity contribution in [3.63, 3.8) is 0 Å². The van der Waals surface area contributed by atoms with Crippen LogP contribution in [0.1, 0.15) is 12.0 Å². The Labute approximate surface area is 154 Å². The van der Waals surface area contributed by atoms with Crippen molar-refractivity contribution in [3.8, 4) is 5.75 Å². The number of phenolic OH excluding ortho intramolecular Hbond substituents is 1. The summed E-state index contributed by atoms with van der Waals surface area (Å²) in [5.74, 6) is 0.290. The van der Waals surface area contributed by atoms with Gasteiger partial charge in [0.15, 0.2) is 0 Å². The predicted molar refractivity (Wildman–Crippen MR) is 96.0 cm³/mol. The molecule has 7 heteroatoms. The molecule has 3 saturated heterocycles. The molecule has 0 radical (unpaired) electrons. The summed E-state index contributed by atoms with van der Waals surface area (Å²) in [5, 5.41) is 9.62. The number of carbonyl (C=O) groups excluding carboxylic acids is 1. The number of benzene rings is 1. The van der Waals surface area contributed by atoms with Crippen LogP contribution < -0.4 is 0 Å². The van der Waals surface area contributed by atoms with Crippen LogP contribution in [0.4, 0.5) is 4.79 Å². The molecule has 1 aromatic rings. The van der Waals surface area contributed by atoms with E-state index >= 15 is 0 Å². The zero-order valence-electron chi connectivity index (χ0n) is 15.0. The molecule has 0 bridgehead atoms. The van der Waals surface area contributed by atoms with Crippen molar-refractivity contribution in [2.45, 2.75) is 25.1 Å². The third kappa shape index (κ3) is 3.95. The number of phenols is 1. The minimum atomic E-state index is -0.168. The van der Waals surface area contributed by atoms with Gasteiger partial charge in [-0.05, 0) is 24.1 Å². The second kappa shape index (κ2) is 7.82. The topological polar surface area (TPSA) is 65.5 Å². The zero-order valence-corrected chi connectivity index (χ0v) is 15.0. The van der Waals surface area contributed by atoms with Crippen molar-refractivity contribution in [2.24, 2.45) is 0 Å². The highest BCUT2D eigenvalue weighted by Crippen LogP contribution is 2.28. The molecule has 0 aromatic heterocycles. The lowest BCUT2D eigenvalue weighted by Crippen LogP contribution is -2.41. The van der Waals surface area contributed by atoms with E-state index in [1.165, 1.54) is 0 Å². The lowest BCUT2D eigenvalue weighted by molar-refractivity contribution is 0.0362. The maximum absolute atomic E-state index is 12.2. The second-order valence-corrected chi connectivity index (χ2v) is 7.35. The van der Waals surface area contributed by atoms with E-state index in [0.29, 0.717) is 0 Å². The Hall–Kier alpha value is -1.83. The number of hydrogen-bond acceptors (Lipinski definition) is 6. The average Bonchev–Trinajstić information content (AvgIpc) is 3.13. The molecular formula is C19H27N3O4.